The molecule has 0 unspecified atom stereocenters. The molecular weight excluding hydrogens is 537 g/mol. The van der Waals surface area contributed by atoms with Crippen LogP contribution in [0, 0.1) is 6.92 Å². The number of hydrogen-bond acceptors (Lipinski definition) is 8. The van der Waals surface area contributed by atoms with E-state index in [1.807, 2.05) is 6.92 Å². The van der Waals surface area contributed by atoms with Gasteiger partial charge in [-0.3, -0.25) is 9.69 Å². The Morgan fingerprint density at radius 3 is 2.71 bits per heavy atom. The summed E-state index contributed by atoms with van der Waals surface area (Å²) in [6.07, 6.45) is -1.87. The van der Waals surface area contributed by atoms with Gasteiger partial charge in [0.2, 0.25) is 5.95 Å². The first-order chi connectivity index (χ1) is 19.7. The van der Waals surface area contributed by atoms with Gasteiger partial charge in [0.25, 0.3) is 5.91 Å². The predicted molar refractivity (Wildman–Crippen MR) is 151 cm³/mol. The van der Waals surface area contributed by atoms with Crippen LogP contribution >= 0.6 is 0 Å². The van der Waals surface area contributed by atoms with E-state index in [0.717, 1.165) is 63.5 Å². The molecule has 4 aromatic rings. The van der Waals surface area contributed by atoms with E-state index < -0.39 is 17.6 Å². The number of ether oxygens (including phenoxy) is 1. The highest BCUT2D eigenvalue weighted by Gasteiger charge is 2.31. The van der Waals surface area contributed by atoms with Crippen LogP contribution in [-0.4, -0.2) is 69.9 Å². The SMILES string of the molecule is Cc1ccc(NC(=O)c2cccc(C(F)(F)F)c2)cc1Nc1nn(C)c2nc(NCCCN3CCOCC3)ncc12. The third kappa shape index (κ3) is 6.92. The first-order valence-corrected chi connectivity index (χ1v) is 13.3. The number of fused-ring (bicyclic) bond motifs is 1. The molecule has 0 spiro atoms. The fourth-order valence-corrected chi connectivity index (χ4v) is 4.54. The minimum Gasteiger partial charge on any atom is -0.379 e. The lowest BCUT2D eigenvalue weighted by Gasteiger charge is -2.26. The maximum absolute atomic E-state index is 13.1. The van der Waals surface area contributed by atoms with E-state index in [9.17, 15) is 18.0 Å². The second-order valence-electron chi connectivity index (χ2n) is 9.82. The van der Waals surface area contributed by atoms with Crippen LogP contribution in [0.2, 0.25) is 0 Å². The highest BCUT2D eigenvalue weighted by Crippen LogP contribution is 2.31. The molecule has 1 amide bonds. The molecule has 216 valence electrons. The zero-order valence-corrected chi connectivity index (χ0v) is 22.8. The lowest BCUT2D eigenvalue weighted by molar-refractivity contribution is -0.137. The van der Waals surface area contributed by atoms with Crippen molar-refractivity contribution in [1.29, 1.82) is 0 Å². The second-order valence-corrected chi connectivity index (χ2v) is 9.82. The summed E-state index contributed by atoms with van der Waals surface area (Å²) in [7, 11) is 1.79. The lowest BCUT2D eigenvalue weighted by atomic mass is 10.1. The van der Waals surface area contributed by atoms with Crippen LogP contribution < -0.4 is 16.0 Å². The third-order valence-corrected chi connectivity index (χ3v) is 6.82. The molecule has 1 aliphatic heterocycles. The van der Waals surface area contributed by atoms with E-state index in [2.05, 4.69) is 35.9 Å². The molecule has 5 rings (SSSR count). The Kier molecular flexibility index (Phi) is 8.36. The number of halogens is 3. The van der Waals surface area contributed by atoms with Gasteiger partial charge in [0.15, 0.2) is 11.5 Å². The number of alkyl halides is 3. The van der Waals surface area contributed by atoms with Crippen LogP contribution in [0.25, 0.3) is 11.0 Å². The molecule has 0 aliphatic carbocycles. The molecule has 13 heteroatoms. The molecule has 1 fully saturated rings. The van der Waals surface area contributed by atoms with Gasteiger partial charge in [-0.1, -0.05) is 12.1 Å². The molecule has 1 saturated heterocycles. The number of morpholine rings is 1. The van der Waals surface area contributed by atoms with Crippen molar-refractivity contribution >= 4 is 40.1 Å². The smallest absolute Gasteiger partial charge is 0.379 e. The topological polar surface area (TPSA) is 109 Å². The maximum atomic E-state index is 13.1. The standard InChI is InChI=1S/C28H31F3N8O2/c1-18-7-8-21(34-26(40)19-5-3-6-20(15-19)28(29,30)31)16-23(18)35-24-22-17-33-27(36-25(22)38(2)37-24)32-9-4-10-39-11-13-41-14-12-39/h3,5-8,15-17H,4,9-14H2,1-2H3,(H,34,40)(H,35,37)(H,32,33,36). The first kappa shape index (κ1) is 28.3. The molecule has 0 atom stereocenters. The number of benzene rings is 2. The minimum atomic E-state index is -4.54. The highest BCUT2D eigenvalue weighted by molar-refractivity contribution is 6.04. The van der Waals surface area contributed by atoms with Gasteiger partial charge in [-0.15, -0.1) is 0 Å². The summed E-state index contributed by atoms with van der Waals surface area (Å²) in [5.74, 6) is 0.405. The van der Waals surface area contributed by atoms with Crippen LogP contribution in [-0.2, 0) is 18.0 Å². The number of aromatic nitrogens is 4. The Hall–Kier alpha value is -4.23. The van der Waals surface area contributed by atoms with Crippen molar-refractivity contribution in [2.24, 2.45) is 7.05 Å². The molecular formula is C28H31F3N8O2. The van der Waals surface area contributed by atoms with Crippen LogP contribution in [0.4, 0.5) is 36.3 Å². The van der Waals surface area contributed by atoms with E-state index >= 15 is 0 Å². The Labute approximate surface area is 234 Å². The van der Waals surface area contributed by atoms with Crippen molar-refractivity contribution in [2.45, 2.75) is 19.5 Å². The summed E-state index contributed by atoms with van der Waals surface area (Å²) < 4.78 is 46.2. The van der Waals surface area contributed by atoms with Gasteiger partial charge in [0.1, 0.15) is 0 Å². The van der Waals surface area contributed by atoms with Crippen molar-refractivity contribution in [1.82, 2.24) is 24.6 Å². The number of aryl methyl sites for hydroxylation is 2. The second kappa shape index (κ2) is 12.1. The van der Waals surface area contributed by atoms with Crippen molar-refractivity contribution in [3.8, 4) is 0 Å². The maximum Gasteiger partial charge on any atom is 0.416 e. The largest absolute Gasteiger partial charge is 0.416 e. The number of anilines is 4. The van der Waals surface area contributed by atoms with E-state index in [0.29, 0.717) is 34.2 Å². The van der Waals surface area contributed by atoms with E-state index in [1.165, 1.54) is 12.1 Å². The molecule has 3 heterocycles. The fourth-order valence-electron chi connectivity index (χ4n) is 4.54. The normalized spacial score (nSPS) is 14.3. The quantitative estimate of drug-likeness (QED) is 0.247. The number of hydrogen-bond donors (Lipinski definition) is 3. The summed E-state index contributed by atoms with van der Waals surface area (Å²) in [5, 5.41) is 14.5. The van der Waals surface area contributed by atoms with Gasteiger partial charge < -0.3 is 20.7 Å². The van der Waals surface area contributed by atoms with E-state index in [4.69, 9.17) is 4.74 Å². The summed E-state index contributed by atoms with van der Waals surface area (Å²) in [6.45, 7) is 7.09. The zero-order valence-electron chi connectivity index (χ0n) is 22.8. The summed E-state index contributed by atoms with van der Waals surface area (Å²) in [6, 6.07) is 9.49. The number of carbonyl (C=O) groups is 1. The number of amides is 1. The van der Waals surface area contributed by atoms with Crippen LogP contribution in [0.1, 0.15) is 27.9 Å². The molecule has 1 aliphatic rings. The van der Waals surface area contributed by atoms with Gasteiger partial charge >= 0.3 is 6.18 Å². The Bertz CT molecular complexity index is 1530. The molecule has 2 aromatic carbocycles. The number of nitrogens with one attached hydrogen (secondary N) is 3. The van der Waals surface area contributed by atoms with Gasteiger partial charge in [-0.05, 0) is 55.8 Å². The van der Waals surface area contributed by atoms with Crippen LogP contribution in [0.15, 0.2) is 48.7 Å². The molecule has 0 saturated carbocycles. The molecule has 0 radical (unpaired) electrons. The van der Waals surface area contributed by atoms with Crippen LogP contribution in [0.5, 0.6) is 0 Å². The molecule has 3 N–H and O–H groups in total. The predicted octanol–water partition coefficient (Wildman–Crippen LogP) is 4.82. The fraction of sp³-hybridized carbons (Fsp3) is 0.357. The summed E-state index contributed by atoms with van der Waals surface area (Å²) in [5.41, 5.74) is 1.63. The highest BCUT2D eigenvalue weighted by atomic mass is 19.4. The summed E-state index contributed by atoms with van der Waals surface area (Å²) >= 11 is 0. The van der Waals surface area contributed by atoms with Gasteiger partial charge in [0, 0.05) is 49.8 Å². The first-order valence-electron chi connectivity index (χ1n) is 13.3. The summed E-state index contributed by atoms with van der Waals surface area (Å²) in [4.78, 5) is 24.1. The Balaban J connectivity index is 1.25. The average Bonchev–Trinajstić information content (AvgIpc) is 3.27. The average molecular weight is 569 g/mol. The van der Waals surface area contributed by atoms with Crippen molar-refractivity contribution in [2.75, 3.05) is 55.3 Å². The third-order valence-electron chi connectivity index (χ3n) is 6.82. The van der Waals surface area contributed by atoms with Gasteiger partial charge in [0.05, 0.1) is 24.2 Å². The molecule has 41 heavy (non-hydrogen) atoms. The molecule has 0 bridgehead atoms. The lowest BCUT2D eigenvalue weighted by Crippen LogP contribution is -2.37. The Morgan fingerprint density at radius 2 is 1.93 bits per heavy atom. The molecule has 2 aromatic heterocycles. The monoisotopic (exact) mass is 568 g/mol. The van der Waals surface area contributed by atoms with Gasteiger partial charge in [-0.25, -0.2) is 9.67 Å². The molecule has 10 nitrogen and oxygen atoms in total. The zero-order chi connectivity index (χ0) is 29.0. The van der Waals surface area contributed by atoms with Crippen molar-refractivity contribution in [3.63, 3.8) is 0 Å². The minimum absolute atomic E-state index is 0.0895. The van der Waals surface area contributed by atoms with Gasteiger partial charge in [-0.2, -0.15) is 23.3 Å². The van der Waals surface area contributed by atoms with Crippen LogP contribution in [0.3, 0.4) is 0 Å². The van der Waals surface area contributed by atoms with E-state index in [1.54, 1.807) is 36.1 Å². The number of carbonyl (C=O) groups excluding carboxylic acids is 1. The van der Waals surface area contributed by atoms with E-state index in [-0.39, 0.29) is 5.56 Å². The van der Waals surface area contributed by atoms with Crippen molar-refractivity contribution < 1.29 is 22.7 Å². The number of nitrogens with zero attached hydrogens (tertiary/aromatic N) is 5. The van der Waals surface area contributed by atoms with Crippen molar-refractivity contribution in [3.05, 3.63) is 65.4 Å². The Morgan fingerprint density at radius 1 is 1.12 bits per heavy atom. The number of rotatable bonds is 9.